The summed E-state index contributed by atoms with van der Waals surface area (Å²) in [4.78, 5) is 14.3. The van der Waals surface area contributed by atoms with Crippen molar-refractivity contribution in [2.24, 2.45) is 5.73 Å². The summed E-state index contributed by atoms with van der Waals surface area (Å²) in [5, 5.41) is 0. The van der Waals surface area contributed by atoms with Crippen LogP contribution in [0.2, 0.25) is 0 Å². The molecule has 1 aliphatic rings. The van der Waals surface area contributed by atoms with Gasteiger partial charge in [0.2, 0.25) is 5.91 Å². The molecule has 1 unspecified atom stereocenters. The number of para-hydroxylation sites is 1. The summed E-state index contributed by atoms with van der Waals surface area (Å²) in [6, 6.07) is 18.3. The Hall–Kier alpha value is -2.33. The van der Waals surface area contributed by atoms with E-state index in [2.05, 4.69) is 12.1 Å². The van der Waals surface area contributed by atoms with Crippen molar-refractivity contribution in [3.63, 3.8) is 0 Å². The summed E-state index contributed by atoms with van der Waals surface area (Å²) in [5.41, 5.74) is 7.90. The molecule has 1 atom stereocenters. The number of benzene rings is 2. The summed E-state index contributed by atoms with van der Waals surface area (Å²) in [6.07, 6.45) is 2.45. The van der Waals surface area contributed by atoms with Crippen molar-refractivity contribution in [3.8, 4) is 16.9 Å². The van der Waals surface area contributed by atoms with Crippen molar-refractivity contribution in [1.29, 1.82) is 0 Å². The zero-order valence-electron chi connectivity index (χ0n) is 13.9. The number of nitrogens with zero attached hydrogens (tertiary/aromatic N) is 1. The van der Waals surface area contributed by atoms with Crippen LogP contribution in [0.3, 0.4) is 0 Å². The first kappa shape index (κ1) is 16.5. The average molecular weight is 324 g/mol. The molecule has 0 bridgehead atoms. The predicted molar refractivity (Wildman–Crippen MR) is 95.8 cm³/mol. The number of hydrogen-bond donors (Lipinski definition) is 1. The monoisotopic (exact) mass is 324 g/mol. The molecule has 0 aliphatic carbocycles. The molecule has 1 heterocycles. The molecule has 24 heavy (non-hydrogen) atoms. The Balaban J connectivity index is 1.60. The van der Waals surface area contributed by atoms with Crippen molar-refractivity contribution in [2.45, 2.75) is 25.3 Å². The lowest BCUT2D eigenvalue weighted by molar-refractivity contribution is -0.132. The van der Waals surface area contributed by atoms with E-state index in [0.29, 0.717) is 19.6 Å². The molecule has 4 heteroatoms. The Bertz CT molecular complexity index is 672. The fraction of sp³-hybridized carbons (Fsp3) is 0.350. The Morgan fingerprint density at radius 2 is 1.88 bits per heavy atom. The maximum Gasteiger partial charge on any atom is 0.226 e. The van der Waals surface area contributed by atoms with E-state index in [9.17, 15) is 4.79 Å². The molecular formula is C20H24N2O2. The Morgan fingerprint density at radius 1 is 1.12 bits per heavy atom. The highest BCUT2D eigenvalue weighted by molar-refractivity contribution is 5.77. The quantitative estimate of drug-likeness (QED) is 0.888. The van der Waals surface area contributed by atoms with Crippen LogP contribution in [0.5, 0.6) is 5.75 Å². The van der Waals surface area contributed by atoms with Crippen molar-refractivity contribution in [2.75, 3.05) is 19.7 Å². The first-order chi connectivity index (χ1) is 11.8. The summed E-state index contributed by atoms with van der Waals surface area (Å²) < 4.78 is 5.91. The number of nitrogens with two attached hydrogens (primary N) is 1. The van der Waals surface area contributed by atoms with E-state index in [-0.39, 0.29) is 11.9 Å². The van der Waals surface area contributed by atoms with E-state index in [4.69, 9.17) is 10.5 Å². The Labute approximate surface area is 143 Å². The topological polar surface area (TPSA) is 55.6 Å². The molecule has 2 N–H and O–H groups in total. The van der Waals surface area contributed by atoms with Gasteiger partial charge in [0.15, 0.2) is 0 Å². The molecule has 2 aromatic carbocycles. The molecule has 3 rings (SSSR count). The van der Waals surface area contributed by atoms with E-state index < -0.39 is 0 Å². The first-order valence-corrected chi connectivity index (χ1v) is 8.56. The first-order valence-electron chi connectivity index (χ1n) is 8.56. The molecule has 1 amide bonds. The van der Waals surface area contributed by atoms with Crippen LogP contribution in [0, 0.1) is 0 Å². The SMILES string of the molecule is NCC1CCCN1C(=O)CCOc1ccccc1-c1ccccc1. The smallest absolute Gasteiger partial charge is 0.226 e. The van der Waals surface area contributed by atoms with Gasteiger partial charge in [-0.3, -0.25) is 4.79 Å². The third-order valence-corrected chi connectivity index (χ3v) is 4.51. The molecule has 1 aliphatic heterocycles. The second-order valence-corrected chi connectivity index (χ2v) is 6.08. The molecule has 0 saturated carbocycles. The molecule has 2 aromatic rings. The molecule has 126 valence electrons. The van der Waals surface area contributed by atoms with Gasteiger partial charge in [-0.15, -0.1) is 0 Å². The number of hydrogen-bond acceptors (Lipinski definition) is 3. The van der Waals surface area contributed by atoms with Crippen LogP contribution in [-0.4, -0.2) is 36.5 Å². The molecule has 0 aromatic heterocycles. The molecule has 1 saturated heterocycles. The standard InChI is InChI=1S/C20H24N2O2/c21-15-17-9-6-13-22(17)20(23)12-14-24-19-11-5-4-10-18(19)16-7-2-1-3-8-16/h1-5,7-8,10-11,17H,6,9,12-15,21H2. The third-order valence-electron chi connectivity index (χ3n) is 4.51. The van der Waals surface area contributed by atoms with E-state index in [1.54, 1.807) is 0 Å². The van der Waals surface area contributed by atoms with Gasteiger partial charge in [0.05, 0.1) is 13.0 Å². The molecule has 0 spiro atoms. The maximum absolute atomic E-state index is 12.4. The fourth-order valence-electron chi connectivity index (χ4n) is 3.25. The van der Waals surface area contributed by atoms with Crippen LogP contribution in [-0.2, 0) is 4.79 Å². The summed E-state index contributed by atoms with van der Waals surface area (Å²) in [5.74, 6) is 0.952. The summed E-state index contributed by atoms with van der Waals surface area (Å²) >= 11 is 0. The third kappa shape index (κ3) is 3.77. The van der Waals surface area contributed by atoms with Gasteiger partial charge in [-0.2, -0.15) is 0 Å². The second kappa shape index (κ2) is 7.97. The van der Waals surface area contributed by atoms with Crippen LogP contribution in [0.4, 0.5) is 0 Å². The largest absolute Gasteiger partial charge is 0.492 e. The number of likely N-dealkylation sites (tertiary alicyclic amines) is 1. The zero-order chi connectivity index (χ0) is 16.8. The van der Waals surface area contributed by atoms with E-state index in [1.807, 2.05) is 47.4 Å². The van der Waals surface area contributed by atoms with Crippen molar-refractivity contribution >= 4 is 5.91 Å². The van der Waals surface area contributed by atoms with Crippen LogP contribution in [0.15, 0.2) is 54.6 Å². The van der Waals surface area contributed by atoms with Gasteiger partial charge in [0.25, 0.3) is 0 Å². The van der Waals surface area contributed by atoms with E-state index in [0.717, 1.165) is 36.3 Å². The van der Waals surface area contributed by atoms with Crippen LogP contribution >= 0.6 is 0 Å². The highest BCUT2D eigenvalue weighted by Crippen LogP contribution is 2.29. The second-order valence-electron chi connectivity index (χ2n) is 6.08. The predicted octanol–water partition coefficient (Wildman–Crippen LogP) is 3.07. The Kier molecular flexibility index (Phi) is 5.49. The molecule has 0 radical (unpaired) electrons. The van der Waals surface area contributed by atoms with Gasteiger partial charge >= 0.3 is 0 Å². The molecule has 4 nitrogen and oxygen atoms in total. The van der Waals surface area contributed by atoms with E-state index >= 15 is 0 Å². The zero-order valence-corrected chi connectivity index (χ0v) is 13.9. The van der Waals surface area contributed by atoms with Gasteiger partial charge in [0.1, 0.15) is 5.75 Å². The summed E-state index contributed by atoms with van der Waals surface area (Å²) in [6.45, 7) is 1.75. The number of rotatable bonds is 6. The van der Waals surface area contributed by atoms with Crippen LogP contribution in [0.25, 0.3) is 11.1 Å². The number of carbonyl (C=O) groups excluding carboxylic acids is 1. The van der Waals surface area contributed by atoms with Gasteiger partial charge < -0.3 is 15.4 Å². The summed E-state index contributed by atoms with van der Waals surface area (Å²) in [7, 11) is 0. The van der Waals surface area contributed by atoms with Gasteiger partial charge in [0, 0.05) is 24.7 Å². The molecule has 1 fully saturated rings. The fourth-order valence-corrected chi connectivity index (χ4v) is 3.25. The highest BCUT2D eigenvalue weighted by atomic mass is 16.5. The highest BCUT2D eigenvalue weighted by Gasteiger charge is 2.27. The van der Waals surface area contributed by atoms with Crippen molar-refractivity contribution in [3.05, 3.63) is 54.6 Å². The lowest BCUT2D eigenvalue weighted by atomic mass is 10.1. The van der Waals surface area contributed by atoms with Crippen molar-refractivity contribution in [1.82, 2.24) is 4.90 Å². The minimum absolute atomic E-state index is 0.139. The molecular weight excluding hydrogens is 300 g/mol. The average Bonchev–Trinajstić information content (AvgIpc) is 3.12. The van der Waals surface area contributed by atoms with Crippen molar-refractivity contribution < 1.29 is 9.53 Å². The van der Waals surface area contributed by atoms with Gasteiger partial charge in [-0.1, -0.05) is 48.5 Å². The maximum atomic E-state index is 12.4. The van der Waals surface area contributed by atoms with Gasteiger partial charge in [-0.25, -0.2) is 0 Å². The lowest BCUT2D eigenvalue weighted by Gasteiger charge is -2.23. The number of carbonyl (C=O) groups is 1. The van der Waals surface area contributed by atoms with Crippen LogP contribution < -0.4 is 10.5 Å². The lowest BCUT2D eigenvalue weighted by Crippen LogP contribution is -2.40. The van der Waals surface area contributed by atoms with Crippen LogP contribution in [0.1, 0.15) is 19.3 Å². The van der Waals surface area contributed by atoms with Gasteiger partial charge in [-0.05, 0) is 24.5 Å². The van der Waals surface area contributed by atoms with E-state index in [1.165, 1.54) is 0 Å². The number of ether oxygens (including phenoxy) is 1. The minimum Gasteiger partial charge on any atom is -0.492 e. The number of amides is 1. The minimum atomic E-state index is 0.139. The normalized spacial score (nSPS) is 17.0. The Morgan fingerprint density at radius 3 is 2.67 bits per heavy atom.